The van der Waals surface area contributed by atoms with E-state index in [4.69, 9.17) is 4.74 Å². The number of carbonyl (C=O) groups excluding carboxylic acids is 1. The number of nitrogens with zero attached hydrogens (tertiary/aromatic N) is 1. The fourth-order valence-corrected chi connectivity index (χ4v) is 2.60. The first-order chi connectivity index (χ1) is 10.6. The number of hydrogen-bond acceptors (Lipinski definition) is 4. The van der Waals surface area contributed by atoms with Gasteiger partial charge in [0.05, 0.1) is 10.5 Å². The van der Waals surface area contributed by atoms with E-state index in [2.05, 4.69) is 12.1 Å². The van der Waals surface area contributed by atoms with Crippen LogP contribution in [-0.4, -0.2) is 17.0 Å². The van der Waals surface area contributed by atoms with Gasteiger partial charge in [-0.2, -0.15) is 0 Å². The number of rotatable bonds is 4. The number of carbonyl (C=O) groups is 1. The molecule has 1 aliphatic rings. The maximum Gasteiger partial charge on any atom is 0.338 e. The molecule has 0 spiro atoms. The summed E-state index contributed by atoms with van der Waals surface area (Å²) in [5.74, 6) is 0.0160. The van der Waals surface area contributed by atoms with Crippen molar-refractivity contribution in [1.29, 1.82) is 0 Å². The number of non-ortho nitro benzene ring substituents is 1. The van der Waals surface area contributed by atoms with E-state index in [9.17, 15) is 14.9 Å². The molecule has 22 heavy (non-hydrogen) atoms. The quantitative estimate of drug-likeness (QED) is 0.490. The smallest absolute Gasteiger partial charge is 0.338 e. The average Bonchev–Trinajstić information content (AvgIpc) is 2.51. The van der Waals surface area contributed by atoms with Gasteiger partial charge in [0.1, 0.15) is 6.10 Å². The second-order valence-corrected chi connectivity index (χ2v) is 5.41. The summed E-state index contributed by atoms with van der Waals surface area (Å²) in [7, 11) is 0. The Morgan fingerprint density at radius 3 is 2.27 bits per heavy atom. The summed E-state index contributed by atoms with van der Waals surface area (Å²) in [5, 5.41) is 10.6. The molecule has 1 aliphatic carbocycles. The molecule has 0 N–H and O–H groups in total. The minimum atomic E-state index is -0.495. The maximum absolute atomic E-state index is 12.0. The van der Waals surface area contributed by atoms with Gasteiger partial charge in [0.15, 0.2) is 0 Å². The van der Waals surface area contributed by atoms with Crippen LogP contribution >= 0.6 is 0 Å². The van der Waals surface area contributed by atoms with Gasteiger partial charge in [-0.25, -0.2) is 4.79 Å². The van der Waals surface area contributed by atoms with Gasteiger partial charge in [0.25, 0.3) is 5.69 Å². The zero-order valence-corrected chi connectivity index (χ0v) is 11.8. The monoisotopic (exact) mass is 297 g/mol. The van der Waals surface area contributed by atoms with Crippen molar-refractivity contribution in [2.75, 3.05) is 0 Å². The topological polar surface area (TPSA) is 69.4 Å². The Balaban J connectivity index is 1.54. The molecule has 1 saturated carbocycles. The Kier molecular flexibility index (Phi) is 3.87. The van der Waals surface area contributed by atoms with Gasteiger partial charge >= 0.3 is 5.97 Å². The highest BCUT2D eigenvalue weighted by molar-refractivity contribution is 5.89. The lowest BCUT2D eigenvalue weighted by Gasteiger charge is -2.35. The highest BCUT2D eigenvalue weighted by atomic mass is 16.6. The molecule has 2 aromatic rings. The van der Waals surface area contributed by atoms with Gasteiger partial charge in [-0.1, -0.05) is 30.3 Å². The predicted octanol–water partition coefficient (Wildman–Crippen LogP) is 3.70. The normalized spacial score (nSPS) is 20.0. The minimum absolute atomic E-state index is 0.0377. The van der Waals surface area contributed by atoms with E-state index in [0.29, 0.717) is 11.5 Å². The van der Waals surface area contributed by atoms with Gasteiger partial charge < -0.3 is 4.74 Å². The molecule has 5 heteroatoms. The summed E-state index contributed by atoms with van der Waals surface area (Å²) < 4.78 is 5.42. The Morgan fingerprint density at radius 2 is 1.68 bits per heavy atom. The standard InChI is InChI=1S/C17H15NO4/c19-17(13-6-8-15(9-7-13)18(20)21)22-16-10-14(11-16)12-4-2-1-3-5-12/h1-9,14,16H,10-11H2. The minimum Gasteiger partial charge on any atom is -0.459 e. The largest absolute Gasteiger partial charge is 0.459 e. The van der Waals surface area contributed by atoms with E-state index in [0.717, 1.165) is 12.8 Å². The molecule has 0 heterocycles. The Bertz CT molecular complexity index is 676. The summed E-state index contributed by atoms with van der Waals surface area (Å²) >= 11 is 0. The third-order valence-electron chi connectivity index (χ3n) is 3.95. The number of hydrogen-bond donors (Lipinski definition) is 0. The van der Waals surface area contributed by atoms with E-state index in [1.165, 1.54) is 29.8 Å². The van der Waals surface area contributed by atoms with Crippen LogP contribution in [0.25, 0.3) is 0 Å². The fourth-order valence-electron chi connectivity index (χ4n) is 2.60. The summed E-state index contributed by atoms with van der Waals surface area (Å²) in [6.07, 6.45) is 1.57. The van der Waals surface area contributed by atoms with Crippen molar-refractivity contribution in [3.8, 4) is 0 Å². The highest BCUT2D eigenvalue weighted by Crippen LogP contribution is 2.38. The Hall–Kier alpha value is -2.69. The molecule has 1 fully saturated rings. The number of ether oxygens (including phenoxy) is 1. The molecule has 0 aliphatic heterocycles. The van der Waals surface area contributed by atoms with Crippen molar-refractivity contribution in [2.45, 2.75) is 24.9 Å². The van der Waals surface area contributed by atoms with Gasteiger partial charge in [0.2, 0.25) is 0 Å². The van der Waals surface area contributed by atoms with Crippen LogP contribution in [0.15, 0.2) is 54.6 Å². The first-order valence-electron chi connectivity index (χ1n) is 7.14. The number of nitro benzene ring substituents is 1. The summed E-state index contributed by atoms with van der Waals surface area (Å²) in [6.45, 7) is 0. The number of esters is 1. The van der Waals surface area contributed by atoms with Crippen molar-refractivity contribution in [2.24, 2.45) is 0 Å². The molecular weight excluding hydrogens is 282 g/mol. The zero-order valence-electron chi connectivity index (χ0n) is 11.8. The second-order valence-electron chi connectivity index (χ2n) is 5.41. The lowest BCUT2D eigenvalue weighted by Crippen LogP contribution is -2.31. The van der Waals surface area contributed by atoms with Crippen LogP contribution in [0.1, 0.15) is 34.7 Å². The van der Waals surface area contributed by atoms with Crippen molar-refractivity contribution in [1.82, 2.24) is 0 Å². The van der Waals surface area contributed by atoms with Crippen LogP contribution in [0.3, 0.4) is 0 Å². The third-order valence-corrected chi connectivity index (χ3v) is 3.95. The van der Waals surface area contributed by atoms with Crippen LogP contribution in [0.4, 0.5) is 5.69 Å². The van der Waals surface area contributed by atoms with Crippen molar-refractivity contribution >= 4 is 11.7 Å². The third kappa shape index (κ3) is 2.98. The molecule has 0 saturated heterocycles. The van der Waals surface area contributed by atoms with Crippen molar-refractivity contribution < 1.29 is 14.5 Å². The van der Waals surface area contributed by atoms with Crippen LogP contribution in [0, 0.1) is 10.1 Å². The summed E-state index contributed by atoms with van der Waals surface area (Å²) in [4.78, 5) is 22.1. The number of benzene rings is 2. The van der Waals surface area contributed by atoms with Gasteiger partial charge in [0, 0.05) is 12.1 Å². The van der Waals surface area contributed by atoms with E-state index in [1.807, 2.05) is 18.2 Å². The average molecular weight is 297 g/mol. The molecule has 2 aromatic carbocycles. The first kappa shape index (κ1) is 14.3. The second kappa shape index (κ2) is 5.97. The van der Waals surface area contributed by atoms with E-state index in [-0.39, 0.29) is 11.8 Å². The molecule has 0 unspecified atom stereocenters. The predicted molar refractivity (Wildman–Crippen MR) is 80.7 cm³/mol. The molecule has 0 radical (unpaired) electrons. The Labute approximate surface area is 127 Å². The Morgan fingerprint density at radius 1 is 1.05 bits per heavy atom. The zero-order chi connectivity index (χ0) is 15.5. The lowest BCUT2D eigenvalue weighted by atomic mass is 9.77. The van der Waals surface area contributed by atoms with E-state index < -0.39 is 10.9 Å². The molecule has 0 aromatic heterocycles. The molecular formula is C17H15NO4. The van der Waals surface area contributed by atoms with Crippen molar-refractivity contribution in [3.05, 3.63) is 75.8 Å². The van der Waals surface area contributed by atoms with E-state index >= 15 is 0 Å². The molecule has 3 rings (SSSR count). The fraction of sp³-hybridized carbons (Fsp3) is 0.235. The molecule has 5 nitrogen and oxygen atoms in total. The lowest BCUT2D eigenvalue weighted by molar-refractivity contribution is -0.384. The van der Waals surface area contributed by atoms with Gasteiger partial charge in [-0.05, 0) is 36.5 Å². The maximum atomic E-state index is 12.0. The van der Waals surface area contributed by atoms with Crippen LogP contribution in [0.5, 0.6) is 0 Å². The molecule has 0 amide bonds. The van der Waals surface area contributed by atoms with Crippen LogP contribution < -0.4 is 0 Å². The molecule has 0 atom stereocenters. The SMILES string of the molecule is O=C(OC1CC(c2ccccc2)C1)c1ccc([N+](=O)[O-])cc1. The van der Waals surface area contributed by atoms with Crippen LogP contribution in [0.2, 0.25) is 0 Å². The summed E-state index contributed by atoms with van der Waals surface area (Å²) in [6, 6.07) is 15.6. The first-order valence-corrected chi connectivity index (χ1v) is 7.14. The van der Waals surface area contributed by atoms with Gasteiger partial charge in [-0.15, -0.1) is 0 Å². The molecule has 0 bridgehead atoms. The summed E-state index contributed by atoms with van der Waals surface area (Å²) in [5.41, 5.74) is 1.57. The van der Waals surface area contributed by atoms with Gasteiger partial charge in [-0.3, -0.25) is 10.1 Å². The number of nitro groups is 1. The van der Waals surface area contributed by atoms with Crippen molar-refractivity contribution in [3.63, 3.8) is 0 Å². The van der Waals surface area contributed by atoms with E-state index in [1.54, 1.807) is 0 Å². The molecule has 112 valence electrons. The van der Waals surface area contributed by atoms with Crippen LogP contribution in [-0.2, 0) is 4.74 Å². The highest BCUT2D eigenvalue weighted by Gasteiger charge is 2.33.